The molecule has 1 amide bonds. The third kappa shape index (κ3) is 5.25. The number of hydrogen-bond acceptors (Lipinski definition) is 4. The van der Waals surface area contributed by atoms with Crippen LogP contribution in [0.4, 0.5) is 0 Å². The number of H-pyrrole nitrogens is 1. The summed E-state index contributed by atoms with van der Waals surface area (Å²) in [4.78, 5) is 15.8. The average molecular weight is 288 g/mol. The number of methoxy groups -OCH3 is 1. The van der Waals surface area contributed by atoms with E-state index in [0.717, 1.165) is 36.4 Å². The Balaban J connectivity index is 1.60. The third-order valence-corrected chi connectivity index (χ3v) is 3.18. The third-order valence-electron chi connectivity index (χ3n) is 3.18. The number of nitrogens with one attached hydrogen (secondary N) is 2. The first-order valence-electron chi connectivity index (χ1n) is 7.02. The van der Waals surface area contributed by atoms with E-state index in [1.54, 1.807) is 7.11 Å². The lowest BCUT2D eigenvalue weighted by Crippen LogP contribution is -2.25. The predicted molar refractivity (Wildman–Crippen MR) is 79.0 cm³/mol. The Morgan fingerprint density at radius 2 is 2.10 bits per heavy atom. The summed E-state index contributed by atoms with van der Waals surface area (Å²) in [6, 6.07) is 7.78. The number of aryl methyl sites for hydroxylation is 2. The van der Waals surface area contributed by atoms with Crippen LogP contribution in [0.5, 0.6) is 5.75 Å². The molecule has 0 atom stereocenters. The molecule has 1 heterocycles. The van der Waals surface area contributed by atoms with Crippen LogP contribution < -0.4 is 10.1 Å². The van der Waals surface area contributed by atoms with Crippen molar-refractivity contribution in [3.63, 3.8) is 0 Å². The van der Waals surface area contributed by atoms with Crippen LogP contribution in [0.15, 0.2) is 30.6 Å². The van der Waals surface area contributed by atoms with Crippen LogP contribution in [-0.2, 0) is 17.6 Å². The smallest absolute Gasteiger partial charge is 0.220 e. The Hall–Kier alpha value is -2.37. The van der Waals surface area contributed by atoms with E-state index in [1.165, 1.54) is 6.33 Å². The van der Waals surface area contributed by atoms with Crippen LogP contribution in [0.25, 0.3) is 0 Å². The van der Waals surface area contributed by atoms with E-state index in [4.69, 9.17) is 4.74 Å². The maximum Gasteiger partial charge on any atom is 0.220 e. The van der Waals surface area contributed by atoms with Gasteiger partial charge in [0.15, 0.2) is 0 Å². The van der Waals surface area contributed by atoms with Crippen LogP contribution in [-0.4, -0.2) is 34.7 Å². The van der Waals surface area contributed by atoms with Crippen molar-refractivity contribution in [1.82, 2.24) is 20.5 Å². The molecule has 2 N–H and O–H groups in total. The maximum atomic E-state index is 11.7. The topological polar surface area (TPSA) is 79.9 Å². The Morgan fingerprint density at radius 3 is 2.76 bits per heavy atom. The molecule has 0 bridgehead atoms. The molecule has 0 spiro atoms. The average Bonchev–Trinajstić information content (AvgIpc) is 3.03. The number of rotatable bonds is 8. The summed E-state index contributed by atoms with van der Waals surface area (Å²) < 4.78 is 5.10. The summed E-state index contributed by atoms with van der Waals surface area (Å²) in [5, 5.41) is 9.49. The summed E-state index contributed by atoms with van der Waals surface area (Å²) in [5.41, 5.74) is 1.13. The van der Waals surface area contributed by atoms with Gasteiger partial charge in [-0.25, -0.2) is 4.98 Å². The second kappa shape index (κ2) is 8.04. The number of carbonyl (C=O) groups excluding carboxylic acids is 1. The van der Waals surface area contributed by atoms with Crippen molar-refractivity contribution in [2.75, 3.05) is 13.7 Å². The number of nitrogens with zero attached hydrogens (tertiary/aromatic N) is 2. The SMILES string of the molecule is COc1ccc(CCC(=O)NCCCc2ncn[nH]2)cc1. The zero-order valence-electron chi connectivity index (χ0n) is 12.1. The van der Waals surface area contributed by atoms with E-state index in [2.05, 4.69) is 20.5 Å². The van der Waals surface area contributed by atoms with Crippen LogP contribution in [0, 0.1) is 0 Å². The van der Waals surface area contributed by atoms with Crippen LogP contribution >= 0.6 is 0 Å². The van der Waals surface area contributed by atoms with Crippen molar-refractivity contribution >= 4 is 5.91 Å². The van der Waals surface area contributed by atoms with Gasteiger partial charge in [-0.3, -0.25) is 9.89 Å². The van der Waals surface area contributed by atoms with E-state index in [0.29, 0.717) is 13.0 Å². The van der Waals surface area contributed by atoms with Crippen molar-refractivity contribution in [2.45, 2.75) is 25.7 Å². The fourth-order valence-electron chi connectivity index (χ4n) is 1.97. The van der Waals surface area contributed by atoms with Gasteiger partial charge in [0.1, 0.15) is 17.9 Å². The number of aromatic nitrogens is 3. The van der Waals surface area contributed by atoms with Crippen molar-refractivity contribution in [1.29, 1.82) is 0 Å². The number of benzene rings is 1. The number of aromatic amines is 1. The maximum absolute atomic E-state index is 11.7. The van der Waals surface area contributed by atoms with Gasteiger partial charge >= 0.3 is 0 Å². The van der Waals surface area contributed by atoms with Gasteiger partial charge in [-0.1, -0.05) is 12.1 Å². The van der Waals surface area contributed by atoms with Gasteiger partial charge < -0.3 is 10.1 Å². The quantitative estimate of drug-likeness (QED) is 0.721. The molecule has 0 saturated heterocycles. The van der Waals surface area contributed by atoms with E-state index in [-0.39, 0.29) is 5.91 Å². The van der Waals surface area contributed by atoms with Crippen LogP contribution in [0.2, 0.25) is 0 Å². The molecule has 0 unspecified atom stereocenters. The molecule has 1 aromatic carbocycles. The van der Waals surface area contributed by atoms with Crippen molar-refractivity contribution in [3.8, 4) is 5.75 Å². The first-order valence-corrected chi connectivity index (χ1v) is 7.02. The minimum absolute atomic E-state index is 0.0726. The molecule has 0 saturated carbocycles. The zero-order chi connectivity index (χ0) is 14.9. The molecule has 21 heavy (non-hydrogen) atoms. The highest BCUT2D eigenvalue weighted by Gasteiger charge is 2.03. The number of ether oxygens (including phenoxy) is 1. The second-order valence-electron chi connectivity index (χ2n) is 4.73. The van der Waals surface area contributed by atoms with Gasteiger partial charge in [0, 0.05) is 19.4 Å². The fourth-order valence-corrected chi connectivity index (χ4v) is 1.97. The molecule has 0 aliphatic carbocycles. The highest BCUT2D eigenvalue weighted by atomic mass is 16.5. The van der Waals surface area contributed by atoms with Gasteiger partial charge in [0.25, 0.3) is 0 Å². The highest BCUT2D eigenvalue weighted by molar-refractivity contribution is 5.76. The van der Waals surface area contributed by atoms with Gasteiger partial charge in [0.2, 0.25) is 5.91 Å². The van der Waals surface area contributed by atoms with Gasteiger partial charge in [-0.05, 0) is 30.5 Å². The molecule has 1 aromatic heterocycles. The second-order valence-corrected chi connectivity index (χ2v) is 4.73. The van der Waals surface area contributed by atoms with E-state index in [9.17, 15) is 4.79 Å². The first kappa shape index (κ1) is 15.0. The first-order chi connectivity index (χ1) is 10.3. The Morgan fingerprint density at radius 1 is 1.29 bits per heavy atom. The van der Waals surface area contributed by atoms with Crippen molar-refractivity contribution in [3.05, 3.63) is 42.0 Å². The minimum Gasteiger partial charge on any atom is -0.497 e. The van der Waals surface area contributed by atoms with Gasteiger partial charge in [-0.15, -0.1) is 0 Å². The molecular weight excluding hydrogens is 268 g/mol. The fraction of sp³-hybridized carbons (Fsp3) is 0.400. The summed E-state index contributed by atoms with van der Waals surface area (Å²) in [7, 11) is 1.64. The lowest BCUT2D eigenvalue weighted by Gasteiger charge is -2.05. The molecule has 0 radical (unpaired) electrons. The number of carbonyl (C=O) groups is 1. The molecular formula is C15H20N4O2. The predicted octanol–water partition coefficient (Wildman–Crippen LogP) is 1.49. The Bertz CT molecular complexity index is 537. The van der Waals surface area contributed by atoms with Gasteiger partial charge in [-0.2, -0.15) is 5.10 Å². The minimum atomic E-state index is 0.0726. The summed E-state index contributed by atoms with van der Waals surface area (Å²) in [5.74, 6) is 1.75. The molecule has 0 aliphatic rings. The Kier molecular flexibility index (Phi) is 5.75. The monoisotopic (exact) mass is 288 g/mol. The number of hydrogen-bond donors (Lipinski definition) is 2. The summed E-state index contributed by atoms with van der Waals surface area (Å²) in [6.07, 6.45) is 4.36. The van der Waals surface area contributed by atoms with Crippen LogP contribution in [0.3, 0.4) is 0 Å². The lowest BCUT2D eigenvalue weighted by molar-refractivity contribution is -0.121. The molecule has 6 nitrogen and oxygen atoms in total. The Labute approximate surface area is 123 Å². The van der Waals surface area contributed by atoms with E-state index >= 15 is 0 Å². The molecule has 0 fully saturated rings. The molecule has 6 heteroatoms. The number of amides is 1. The van der Waals surface area contributed by atoms with Gasteiger partial charge in [0.05, 0.1) is 7.11 Å². The summed E-state index contributed by atoms with van der Waals surface area (Å²) >= 11 is 0. The van der Waals surface area contributed by atoms with Crippen molar-refractivity contribution in [2.24, 2.45) is 0 Å². The lowest BCUT2D eigenvalue weighted by atomic mass is 10.1. The highest BCUT2D eigenvalue weighted by Crippen LogP contribution is 2.12. The normalized spacial score (nSPS) is 10.3. The van der Waals surface area contributed by atoms with Crippen LogP contribution in [0.1, 0.15) is 24.2 Å². The van der Waals surface area contributed by atoms with E-state index in [1.807, 2.05) is 24.3 Å². The molecule has 0 aliphatic heterocycles. The van der Waals surface area contributed by atoms with Crippen molar-refractivity contribution < 1.29 is 9.53 Å². The molecule has 2 rings (SSSR count). The van der Waals surface area contributed by atoms with E-state index < -0.39 is 0 Å². The molecule has 2 aromatic rings. The zero-order valence-corrected chi connectivity index (χ0v) is 12.1. The molecule has 112 valence electrons. The standard InChI is InChI=1S/C15H20N4O2/c1-21-13-7-4-12(5-8-13)6-9-15(20)16-10-2-3-14-17-11-18-19-14/h4-5,7-8,11H,2-3,6,9-10H2,1H3,(H,16,20)(H,17,18,19). The summed E-state index contributed by atoms with van der Waals surface area (Å²) in [6.45, 7) is 0.655. The largest absolute Gasteiger partial charge is 0.497 e.